The first-order chi connectivity index (χ1) is 15.6. The van der Waals surface area contributed by atoms with Crippen molar-refractivity contribution in [1.82, 2.24) is 20.3 Å². The fourth-order valence-electron chi connectivity index (χ4n) is 4.14. The van der Waals surface area contributed by atoms with Crippen molar-refractivity contribution in [2.45, 2.75) is 44.5 Å². The van der Waals surface area contributed by atoms with Gasteiger partial charge in [-0.3, -0.25) is 0 Å². The number of pyridine rings is 2. The number of nitrogens with zero attached hydrogens (tertiary/aromatic N) is 3. The van der Waals surface area contributed by atoms with Gasteiger partial charge in [0.2, 0.25) is 0 Å². The van der Waals surface area contributed by atoms with Gasteiger partial charge in [0.25, 0.3) is 0 Å². The highest BCUT2D eigenvalue weighted by molar-refractivity contribution is 7.91. The Bertz CT molecular complexity index is 1250. The quantitative estimate of drug-likeness (QED) is 0.546. The molecule has 1 aliphatic heterocycles. The zero-order valence-electron chi connectivity index (χ0n) is 20.0. The van der Waals surface area contributed by atoms with Crippen molar-refractivity contribution in [3.05, 3.63) is 41.6 Å². The van der Waals surface area contributed by atoms with E-state index >= 15 is 0 Å². The van der Waals surface area contributed by atoms with Gasteiger partial charge < -0.3 is 19.9 Å². The second kappa shape index (κ2) is 9.04. The third kappa shape index (κ3) is 4.62. The summed E-state index contributed by atoms with van der Waals surface area (Å²) in [5.41, 5.74) is 4.95. The summed E-state index contributed by atoms with van der Waals surface area (Å²) in [5.74, 6) is 0.765. The largest absolute Gasteiger partial charge is 0.377 e. The zero-order valence-corrected chi connectivity index (χ0v) is 20.8. The molecule has 33 heavy (non-hydrogen) atoms. The first-order valence-electron chi connectivity index (χ1n) is 11.3. The smallest absolute Gasteiger partial charge is 0.156 e. The lowest BCUT2D eigenvalue weighted by molar-refractivity contribution is 0.0925. The third-order valence-corrected chi connectivity index (χ3v) is 8.68. The minimum atomic E-state index is -3.36. The van der Waals surface area contributed by atoms with Gasteiger partial charge in [-0.1, -0.05) is 6.92 Å². The van der Waals surface area contributed by atoms with E-state index in [4.69, 9.17) is 14.7 Å². The molecular formula is C24H33N5O3S. The average Bonchev–Trinajstić information content (AvgIpc) is 3.20. The van der Waals surface area contributed by atoms with Gasteiger partial charge >= 0.3 is 0 Å². The van der Waals surface area contributed by atoms with Crippen LogP contribution in [0.5, 0.6) is 0 Å². The molecule has 0 aromatic carbocycles. The molecule has 9 heteroatoms. The summed E-state index contributed by atoms with van der Waals surface area (Å²) in [4.78, 5) is 15.4. The number of hydrogen-bond acceptors (Lipinski definition) is 7. The Labute approximate surface area is 195 Å². The molecule has 2 N–H and O–H groups in total. The summed E-state index contributed by atoms with van der Waals surface area (Å²) >= 11 is 0. The fraction of sp³-hybridized carbons (Fsp3) is 0.500. The Balaban J connectivity index is 1.86. The van der Waals surface area contributed by atoms with Crippen LogP contribution in [0.1, 0.15) is 38.4 Å². The van der Waals surface area contributed by atoms with E-state index in [1.54, 1.807) is 13.8 Å². The lowest BCUT2D eigenvalue weighted by Gasteiger charge is -2.37. The molecule has 0 amide bonds. The summed E-state index contributed by atoms with van der Waals surface area (Å²) < 4.78 is 29.9. The molecule has 178 valence electrons. The number of morpholine rings is 1. The number of anilines is 1. The van der Waals surface area contributed by atoms with E-state index in [1.807, 2.05) is 37.4 Å². The predicted molar refractivity (Wildman–Crippen MR) is 132 cm³/mol. The SMILES string of the molecule is CCC1COCCN1c1cc(C(C)(C)S(C)(=O)=O)cc(-c2ccc3[nH]c(CNC)cc3n2)n1. The van der Waals surface area contributed by atoms with E-state index in [2.05, 4.69) is 22.1 Å². The van der Waals surface area contributed by atoms with Crippen LogP contribution in [0.3, 0.4) is 0 Å². The number of aromatic amines is 1. The molecular weight excluding hydrogens is 438 g/mol. The molecule has 0 saturated carbocycles. The van der Waals surface area contributed by atoms with E-state index in [9.17, 15) is 8.42 Å². The molecule has 0 aliphatic carbocycles. The fourth-order valence-corrected chi connectivity index (χ4v) is 4.69. The maximum Gasteiger partial charge on any atom is 0.156 e. The summed E-state index contributed by atoms with van der Waals surface area (Å²) in [6.45, 7) is 8.31. The lowest BCUT2D eigenvalue weighted by Crippen LogP contribution is -2.45. The minimum absolute atomic E-state index is 0.194. The van der Waals surface area contributed by atoms with Crippen LogP contribution in [0, 0.1) is 0 Å². The van der Waals surface area contributed by atoms with Gasteiger partial charge in [-0.2, -0.15) is 0 Å². The highest BCUT2D eigenvalue weighted by atomic mass is 32.2. The molecule has 1 atom stereocenters. The van der Waals surface area contributed by atoms with Crippen LogP contribution in [0.4, 0.5) is 5.82 Å². The molecule has 0 radical (unpaired) electrons. The average molecular weight is 472 g/mol. The van der Waals surface area contributed by atoms with Crippen LogP contribution >= 0.6 is 0 Å². The lowest BCUT2D eigenvalue weighted by atomic mass is 10.0. The summed E-state index contributed by atoms with van der Waals surface area (Å²) in [7, 11) is -1.46. The van der Waals surface area contributed by atoms with Crippen LogP contribution in [0.2, 0.25) is 0 Å². The van der Waals surface area contributed by atoms with Crippen LogP contribution < -0.4 is 10.2 Å². The molecule has 0 spiro atoms. The number of hydrogen-bond donors (Lipinski definition) is 2. The first kappa shape index (κ1) is 23.7. The van der Waals surface area contributed by atoms with Gasteiger partial charge in [0.15, 0.2) is 9.84 Å². The Kier molecular flexibility index (Phi) is 6.48. The molecule has 1 unspecified atom stereocenters. The number of nitrogens with one attached hydrogen (secondary N) is 2. The normalized spacial score (nSPS) is 17.6. The van der Waals surface area contributed by atoms with Gasteiger partial charge in [-0.05, 0) is 63.2 Å². The van der Waals surface area contributed by atoms with Crippen molar-refractivity contribution in [2.75, 3.05) is 38.0 Å². The number of ether oxygens (including phenoxy) is 1. The Morgan fingerprint density at radius 1 is 1.21 bits per heavy atom. The van der Waals surface area contributed by atoms with Crippen molar-refractivity contribution >= 4 is 26.7 Å². The molecule has 1 fully saturated rings. The standard InChI is InChI=1S/C24H33N5O3S/c1-6-18-15-32-10-9-29(18)23-12-16(24(2,3)33(5,30)31)11-21(28-23)20-8-7-19-22(27-20)13-17(26-19)14-25-4/h7-8,11-13,18,25-26H,6,9-10,14-15H2,1-5H3. The van der Waals surface area contributed by atoms with E-state index in [1.165, 1.54) is 6.26 Å². The van der Waals surface area contributed by atoms with Crippen molar-refractivity contribution in [1.29, 1.82) is 0 Å². The second-order valence-electron chi connectivity index (χ2n) is 9.17. The van der Waals surface area contributed by atoms with E-state index in [0.29, 0.717) is 36.7 Å². The number of sulfone groups is 1. The van der Waals surface area contributed by atoms with Crippen LogP contribution in [-0.2, 0) is 25.9 Å². The van der Waals surface area contributed by atoms with Crippen LogP contribution in [-0.4, -0.2) is 62.5 Å². The monoisotopic (exact) mass is 471 g/mol. The Morgan fingerprint density at radius 2 is 2.00 bits per heavy atom. The van der Waals surface area contributed by atoms with E-state index < -0.39 is 14.6 Å². The van der Waals surface area contributed by atoms with Crippen LogP contribution in [0.25, 0.3) is 22.4 Å². The second-order valence-corrected chi connectivity index (χ2v) is 11.7. The first-order valence-corrected chi connectivity index (χ1v) is 13.2. The van der Waals surface area contributed by atoms with Gasteiger partial charge in [-0.15, -0.1) is 0 Å². The van der Waals surface area contributed by atoms with Gasteiger partial charge in [0, 0.05) is 25.0 Å². The molecule has 1 aliphatic rings. The van der Waals surface area contributed by atoms with E-state index in [-0.39, 0.29) is 6.04 Å². The number of H-pyrrole nitrogens is 1. The number of rotatable bonds is 7. The highest BCUT2D eigenvalue weighted by Gasteiger charge is 2.34. The Morgan fingerprint density at radius 3 is 2.70 bits per heavy atom. The van der Waals surface area contributed by atoms with Crippen LogP contribution in [0.15, 0.2) is 30.3 Å². The molecule has 3 aromatic rings. The Hall–Kier alpha value is -2.49. The molecule has 3 aromatic heterocycles. The molecule has 4 rings (SSSR count). The number of fused-ring (bicyclic) bond motifs is 1. The maximum atomic E-state index is 12.7. The van der Waals surface area contributed by atoms with Crippen molar-refractivity contribution in [2.24, 2.45) is 0 Å². The predicted octanol–water partition coefficient (Wildman–Crippen LogP) is 3.24. The highest BCUT2D eigenvalue weighted by Crippen LogP contribution is 2.35. The summed E-state index contributed by atoms with van der Waals surface area (Å²) in [6.07, 6.45) is 2.20. The van der Waals surface area contributed by atoms with Crippen molar-refractivity contribution in [3.63, 3.8) is 0 Å². The zero-order chi connectivity index (χ0) is 23.8. The van der Waals surface area contributed by atoms with Gasteiger partial charge in [0.1, 0.15) is 5.82 Å². The molecule has 1 saturated heterocycles. The molecule has 0 bridgehead atoms. The minimum Gasteiger partial charge on any atom is -0.377 e. The van der Waals surface area contributed by atoms with E-state index in [0.717, 1.165) is 35.5 Å². The topological polar surface area (TPSA) is 100 Å². The number of aromatic nitrogens is 3. The van der Waals surface area contributed by atoms with Crippen molar-refractivity contribution < 1.29 is 13.2 Å². The van der Waals surface area contributed by atoms with Gasteiger partial charge in [-0.25, -0.2) is 18.4 Å². The molecule has 4 heterocycles. The maximum absolute atomic E-state index is 12.7. The molecule has 8 nitrogen and oxygen atoms in total. The van der Waals surface area contributed by atoms with Crippen molar-refractivity contribution in [3.8, 4) is 11.4 Å². The van der Waals surface area contributed by atoms with Gasteiger partial charge in [0.05, 0.1) is 46.4 Å². The summed E-state index contributed by atoms with van der Waals surface area (Å²) in [6, 6.07) is 9.92. The summed E-state index contributed by atoms with van der Waals surface area (Å²) in [5, 5.41) is 3.14. The third-order valence-electron chi connectivity index (χ3n) is 6.59.